The average Bonchev–Trinajstić information content (AvgIpc) is 3.08. The van der Waals surface area contributed by atoms with E-state index in [1.165, 1.54) is 21.0 Å². The van der Waals surface area contributed by atoms with Crippen LogP contribution in [0.5, 0.6) is 0 Å². The lowest BCUT2D eigenvalue weighted by Gasteiger charge is -2.31. The zero-order valence-corrected chi connectivity index (χ0v) is 18.1. The largest absolute Gasteiger partial charge is 0.419 e. The highest BCUT2D eigenvalue weighted by atomic mass is 32.2. The Hall–Kier alpha value is -2.91. The number of aryl methyl sites for hydroxylation is 1. The van der Waals surface area contributed by atoms with E-state index in [1.807, 2.05) is 37.3 Å². The summed E-state index contributed by atoms with van der Waals surface area (Å²) in [5.74, 6) is -0.427. The number of nitrogens with one attached hydrogen (secondary N) is 1. The van der Waals surface area contributed by atoms with Gasteiger partial charge in [-0.15, -0.1) is 0 Å². The van der Waals surface area contributed by atoms with E-state index < -0.39 is 15.8 Å². The van der Waals surface area contributed by atoms with Gasteiger partial charge in [-0.1, -0.05) is 18.2 Å². The van der Waals surface area contributed by atoms with Crippen molar-refractivity contribution in [2.24, 2.45) is 5.92 Å². The molecule has 0 bridgehead atoms. The van der Waals surface area contributed by atoms with Gasteiger partial charge in [0, 0.05) is 37.8 Å². The zero-order chi connectivity index (χ0) is 22.0. The van der Waals surface area contributed by atoms with Crippen molar-refractivity contribution in [1.82, 2.24) is 8.87 Å². The van der Waals surface area contributed by atoms with Gasteiger partial charge in [-0.25, -0.2) is 13.2 Å². The first kappa shape index (κ1) is 21.3. The van der Waals surface area contributed by atoms with E-state index in [-0.39, 0.29) is 22.3 Å². The number of hydrogen-bond acceptors (Lipinski definition) is 5. The first-order valence-electron chi connectivity index (χ1n) is 10.4. The number of anilines is 1. The Kier molecular flexibility index (Phi) is 5.97. The molecule has 3 aromatic rings. The molecule has 1 aromatic heterocycles. The highest BCUT2D eigenvalue weighted by molar-refractivity contribution is 7.89. The molecule has 4 rings (SSSR count). The molecule has 2 aromatic carbocycles. The topological polar surface area (TPSA) is 102 Å². The molecule has 1 fully saturated rings. The van der Waals surface area contributed by atoms with Gasteiger partial charge in [0.05, 0.1) is 10.4 Å². The van der Waals surface area contributed by atoms with E-state index in [1.54, 1.807) is 6.07 Å². The minimum absolute atomic E-state index is 0.0616. The summed E-state index contributed by atoms with van der Waals surface area (Å²) in [4.78, 5) is 24.3. The van der Waals surface area contributed by atoms with E-state index in [0.29, 0.717) is 44.4 Å². The van der Waals surface area contributed by atoms with Crippen molar-refractivity contribution in [1.29, 1.82) is 0 Å². The summed E-state index contributed by atoms with van der Waals surface area (Å²) >= 11 is 0. The van der Waals surface area contributed by atoms with Gasteiger partial charge >= 0.3 is 5.76 Å². The van der Waals surface area contributed by atoms with Crippen molar-refractivity contribution in [3.63, 3.8) is 0 Å². The molecule has 8 nitrogen and oxygen atoms in total. The summed E-state index contributed by atoms with van der Waals surface area (Å²) < 4.78 is 34.3. The molecule has 9 heteroatoms. The molecule has 0 atom stereocenters. The normalized spacial score (nSPS) is 15.9. The van der Waals surface area contributed by atoms with Crippen LogP contribution < -0.4 is 11.1 Å². The number of carbonyl (C=O) groups is 1. The molecule has 164 valence electrons. The Bertz CT molecular complexity index is 1240. The highest BCUT2D eigenvalue weighted by Gasteiger charge is 2.30. The molecule has 1 amide bonds. The second-order valence-corrected chi connectivity index (χ2v) is 9.65. The van der Waals surface area contributed by atoms with Crippen molar-refractivity contribution < 1.29 is 17.6 Å². The van der Waals surface area contributed by atoms with Gasteiger partial charge in [0.2, 0.25) is 15.9 Å². The van der Waals surface area contributed by atoms with Crippen LogP contribution in [-0.4, -0.2) is 36.3 Å². The number of piperidine rings is 1. The Morgan fingerprint density at radius 1 is 1.13 bits per heavy atom. The second-order valence-electron chi connectivity index (χ2n) is 7.71. The Morgan fingerprint density at radius 2 is 1.84 bits per heavy atom. The third-order valence-corrected chi connectivity index (χ3v) is 7.59. The number of aromatic nitrogens is 1. The quantitative estimate of drug-likeness (QED) is 0.631. The molecule has 1 aliphatic rings. The smallest absolute Gasteiger partial charge is 0.408 e. The van der Waals surface area contributed by atoms with Gasteiger partial charge in [0.1, 0.15) is 0 Å². The van der Waals surface area contributed by atoms with Crippen LogP contribution in [0.25, 0.3) is 11.1 Å². The number of sulfonamides is 1. The first-order chi connectivity index (χ1) is 14.9. The predicted octanol–water partition coefficient (Wildman–Crippen LogP) is 3.04. The summed E-state index contributed by atoms with van der Waals surface area (Å²) in [7, 11) is -3.70. The van der Waals surface area contributed by atoms with Gasteiger partial charge in [0.15, 0.2) is 5.58 Å². The van der Waals surface area contributed by atoms with E-state index in [0.717, 1.165) is 5.69 Å². The second kappa shape index (κ2) is 8.68. The molecule has 1 saturated heterocycles. The number of nitrogens with zero attached hydrogens (tertiary/aromatic N) is 2. The molecule has 1 aliphatic heterocycles. The maximum absolute atomic E-state index is 13.1. The number of fused-ring (bicyclic) bond motifs is 1. The maximum Gasteiger partial charge on any atom is 0.419 e. The van der Waals surface area contributed by atoms with E-state index in [2.05, 4.69) is 5.32 Å². The number of benzene rings is 2. The van der Waals surface area contributed by atoms with Gasteiger partial charge in [0.25, 0.3) is 0 Å². The lowest BCUT2D eigenvalue weighted by molar-refractivity contribution is -0.117. The number of oxazole rings is 1. The molecule has 0 unspecified atom stereocenters. The highest BCUT2D eigenvalue weighted by Crippen LogP contribution is 2.27. The molecule has 1 N–H and O–H groups in total. The lowest BCUT2D eigenvalue weighted by Crippen LogP contribution is -2.39. The van der Waals surface area contributed by atoms with Crippen LogP contribution in [0.4, 0.5) is 5.69 Å². The number of rotatable bonds is 6. The van der Waals surface area contributed by atoms with Crippen LogP contribution in [0, 0.1) is 5.92 Å². The van der Waals surface area contributed by atoms with Crippen LogP contribution in [0.2, 0.25) is 0 Å². The van der Waals surface area contributed by atoms with E-state index >= 15 is 0 Å². The summed E-state index contributed by atoms with van der Waals surface area (Å²) in [5, 5.41) is 2.88. The number of carbonyl (C=O) groups excluding carboxylic acids is 1. The average molecular weight is 444 g/mol. The maximum atomic E-state index is 13.1. The van der Waals surface area contributed by atoms with Gasteiger partial charge in [-0.2, -0.15) is 4.31 Å². The summed E-state index contributed by atoms with van der Waals surface area (Å²) in [6, 6.07) is 13.8. The van der Waals surface area contributed by atoms with Crippen LogP contribution in [0.15, 0.2) is 62.6 Å². The van der Waals surface area contributed by atoms with Crippen molar-refractivity contribution >= 4 is 32.7 Å². The Labute approximate surface area is 180 Å². The summed E-state index contributed by atoms with van der Waals surface area (Å²) in [6.45, 7) is 2.97. The van der Waals surface area contributed by atoms with Gasteiger partial charge < -0.3 is 9.73 Å². The van der Waals surface area contributed by atoms with Crippen molar-refractivity contribution in [3.05, 3.63) is 59.1 Å². The Balaban J connectivity index is 1.40. The van der Waals surface area contributed by atoms with Crippen LogP contribution in [0.3, 0.4) is 0 Å². The van der Waals surface area contributed by atoms with Crippen molar-refractivity contribution in [2.75, 3.05) is 18.4 Å². The van der Waals surface area contributed by atoms with E-state index in [9.17, 15) is 18.0 Å². The first-order valence-corrected chi connectivity index (χ1v) is 11.8. The fourth-order valence-corrected chi connectivity index (χ4v) is 5.49. The fraction of sp³-hybridized carbons (Fsp3) is 0.364. The van der Waals surface area contributed by atoms with Crippen molar-refractivity contribution in [3.8, 4) is 0 Å². The summed E-state index contributed by atoms with van der Waals surface area (Å²) in [5.41, 5.74) is 1.60. The SMILES string of the molecule is CCn1c(=O)oc2cc(S(=O)(=O)N3CCC(CC(=O)Nc4ccccc4)CC3)ccc21. The third kappa shape index (κ3) is 4.42. The molecule has 31 heavy (non-hydrogen) atoms. The van der Waals surface area contributed by atoms with Crippen LogP contribution in [0.1, 0.15) is 26.2 Å². The standard InChI is InChI=1S/C22H25N3O5S/c1-2-25-19-9-8-18(15-20(19)30-22(25)27)31(28,29)24-12-10-16(11-13-24)14-21(26)23-17-6-4-3-5-7-17/h3-9,15-16H,2,10-14H2,1H3,(H,23,26). The lowest BCUT2D eigenvalue weighted by atomic mass is 9.94. The molecule has 0 spiro atoms. The number of hydrogen-bond donors (Lipinski definition) is 1. The monoisotopic (exact) mass is 443 g/mol. The fourth-order valence-electron chi connectivity index (χ4n) is 4.01. The molecule has 0 aliphatic carbocycles. The molecular formula is C22H25N3O5S. The predicted molar refractivity (Wildman–Crippen MR) is 117 cm³/mol. The molecular weight excluding hydrogens is 418 g/mol. The minimum atomic E-state index is -3.70. The number of amides is 1. The molecule has 0 saturated carbocycles. The minimum Gasteiger partial charge on any atom is -0.408 e. The van der Waals surface area contributed by atoms with Crippen LogP contribution in [-0.2, 0) is 21.4 Å². The summed E-state index contributed by atoms with van der Waals surface area (Å²) in [6.07, 6.45) is 1.60. The zero-order valence-electron chi connectivity index (χ0n) is 17.3. The number of para-hydroxylation sites is 1. The Morgan fingerprint density at radius 3 is 2.52 bits per heavy atom. The van der Waals surface area contributed by atoms with Gasteiger partial charge in [-0.3, -0.25) is 9.36 Å². The van der Waals surface area contributed by atoms with Crippen molar-refractivity contribution in [2.45, 2.75) is 37.6 Å². The molecule has 0 radical (unpaired) electrons. The molecule has 2 heterocycles. The van der Waals surface area contributed by atoms with E-state index in [4.69, 9.17) is 4.42 Å². The third-order valence-electron chi connectivity index (χ3n) is 5.70. The van der Waals surface area contributed by atoms with Crippen LogP contribution >= 0.6 is 0 Å². The van der Waals surface area contributed by atoms with Gasteiger partial charge in [-0.05, 0) is 49.9 Å².